The number of amides is 1. The second-order valence-electron chi connectivity index (χ2n) is 4.56. The molecule has 2 rings (SSSR count). The monoisotopic (exact) mass is 289 g/mol. The predicted octanol–water partition coefficient (Wildman–Crippen LogP) is 3.97. The summed E-state index contributed by atoms with van der Waals surface area (Å²) in [6.07, 6.45) is 0. The number of carbonyl (C=O) groups is 1. The normalized spacial score (nSPS) is 10.2. The van der Waals surface area contributed by atoms with Crippen molar-refractivity contribution < 1.29 is 9.53 Å². The van der Waals surface area contributed by atoms with Gasteiger partial charge < -0.3 is 10.1 Å². The van der Waals surface area contributed by atoms with Crippen LogP contribution in [0, 0.1) is 13.8 Å². The van der Waals surface area contributed by atoms with Crippen LogP contribution in [0.15, 0.2) is 42.5 Å². The highest BCUT2D eigenvalue weighted by Crippen LogP contribution is 2.20. The number of aryl methyl sites for hydroxylation is 2. The van der Waals surface area contributed by atoms with Gasteiger partial charge in [0.05, 0.1) is 0 Å². The molecule has 0 fully saturated rings. The smallest absolute Gasteiger partial charge is 0.262 e. The molecule has 0 radical (unpaired) electrons. The Morgan fingerprint density at radius 1 is 1.15 bits per heavy atom. The summed E-state index contributed by atoms with van der Waals surface area (Å²) in [5.74, 6) is 0.522. The number of rotatable bonds is 4. The van der Waals surface area contributed by atoms with E-state index in [0.29, 0.717) is 5.02 Å². The molecule has 2 aromatic carbocycles. The molecule has 0 aliphatic rings. The highest BCUT2D eigenvalue weighted by molar-refractivity contribution is 6.30. The van der Waals surface area contributed by atoms with Crippen LogP contribution in [0.2, 0.25) is 5.02 Å². The first-order chi connectivity index (χ1) is 9.56. The third-order valence-corrected chi connectivity index (χ3v) is 3.15. The van der Waals surface area contributed by atoms with E-state index in [4.69, 9.17) is 16.3 Å². The second-order valence-corrected chi connectivity index (χ2v) is 5.00. The average Bonchev–Trinajstić information content (AvgIpc) is 2.41. The molecule has 0 aromatic heterocycles. The molecule has 20 heavy (non-hydrogen) atoms. The molecular formula is C16H16ClNO2. The van der Waals surface area contributed by atoms with Crippen molar-refractivity contribution in [3.05, 3.63) is 58.6 Å². The van der Waals surface area contributed by atoms with Crippen LogP contribution in [0.5, 0.6) is 5.75 Å². The number of halogens is 1. The van der Waals surface area contributed by atoms with Crippen LogP contribution in [-0.4, -0.2) is 12.5 Å². The summed E-state index contributed by atoms with van der Waals surface area (Å²) in [4.78, 5) is 11.9. The van der Waals surface area contributed by atoms with Crippen LogP contribution in [0.4, 0.5) is 5.69 Å². The zero-order chi connectivity index (χ0) is 14.5. The summed E-state index contributed by atoms with van der Waals surface area (Å²) in [5, 5.41) is 3.45. The van der Waals surface area contributed by atoms with E-state index in [-0.39, 0.29) is 12.5 Å². The van der Waals surface area contributed by atoms with Gasteiger partial charge in [0.2, 0.25) is 0 Å². The van der Waals surface area contributed by atoms with Gasteiger partial charge in [-0.3, -0.25) is 4.79 Å². The van der Waals surface area contributed by atoms with Crippen LogP contribution in [0.1, 0.15) is 11.1 Å². The molecule has 1 amide bonds. The van der Waals surface area contributed by atoms with Gasteiger partial charge in [-0.25, -0.2) is 0 Å². The van der Waals surface area contributed by atoms with Gasteiger partial charge in [-0.1, -0.05) is 29.8 Å². The fourth-order valence-electron chi connectivity index (χ4n) is 1.82. The SMILES string of the molecule is Cc1cc(Cl)ccc1NC(=O)COc1ccccc1C. The Labute approximate surface area is 123 Å². The molecule has 104 valence electrons. The molecule has 0 saturated carbocycles. The maximum atomic E-state index is 11.9. The summed E-state index contributed by atoms with van der Waals surface area (Å²) >= 11 is 5.87. The van der Waals surface area contributed by atoms with Crippen LogP contribution in [-0.2, 0) is 4.79 Å². The molecule has 0 unspecified atom stereocenters. The van der Waals surface area contributed by atoms with E-state index >= 15 is 0 Å². The summed E-state index contributed by atoms with van der Waals surface area (Å²) in [6, 6.07) is 12.9. The minimum Gasteiger partial charge on any atom is -0.483 e. The van der Waals surface area contributed by atoms with Gasteiger partial charge in [-0.2, -0.15) is 0 Å². The minimum absolute atomic E-state index is 0.0209. The fraction of sp³-hybridized carbons (Fsp3) is 0.188. The molecule has 3 nitrogen and oxygen atoms in total. The molecule has 0 aliphatic carbocycles. The maximum Gasteiger partial charge on any atom is 0.262 e. The number of hydrogen-bond acceptors (Lipinski definition) is 2. The Morgan fingerprint density at radius 2 is 1.90 bits per heavy atom. The van der Waals surface area contributed by atoms with E-state index in [2.05, 4.69) is 5.32 Å². The number of anilines is 1. The van der Waals surface area contributed by atoms with Gasteiger partial charge in [-0.05, 0) is 49.2 Å². The van der Waals surface area contributed by atoms with Gasteiger partial charge in [0.15, 0.2) is 6.61 Å². The van der Waals surface area contributed by atoms with Gasteiger partial charge in [0.25, 0.3) is 5.91 Å². The van der Waals surface area contributed by atoms with Crippen molar-refractivity contribution in [1.82, 2.24) is 0 Å². The zero-order valence-electron chi connectivity index (χ0n) is 11.4. The topological polar surface area (TPSA) is 38.3 Å². The van der Waals surface area contributed by atoms with E-state index in [1.165, 1.54) is 0 Å². The lowest BCUT2D eigenvalue weighted by Crippen LogP contribution is -2.20. The lowest BCUT2D eigenvalue weighted by atomic mass is 10.2. The summed E-state index contributed by atoms with van der Waals surface area (Å²) in [6.45, 7) is 3.81. The standard InChI is InChI=1S/C16H16ClNO2/c1-11-5-3-4-6-15(11)20-10-16(19)18-14-8-7-13(17)9-12(14)2/h3-9H,10H2,1-2H3,(H,18,19). The van der Waals surface area contributed by atoms with Gasteiger partial charge in [-0.15, -0.1) is 0 Å². The van der Waals surface area contributed by atoms with Crippen molar-refractivity contribution in [1.29, 1.82) is 0 Å². The van der Waals surface area contributed by atoms with E-state index in [9.17, 15) is 4.79 Å². The number of ether oxygens (including phenoxy) is 1. The molecule has 2 aromatic rings. The quantitative estimate of drug-likeness (QED) is 0.925. The highest BCUT2D eigenvalue weighted by atomic mass is 35.5. The third kappa shape index (κ3) is 3.75. The third-order valence-electron chi connectivity index (χ3n) is 2.91. The zero-order valence-corrected chi connectivity index (χ0v) is 12.2. The van der Waals surface area contributed by atoms with Gasteiger partial charge in [0.1, 0.15) is 5.75 Å². The van der Waals surface area contributed by atoms with Crippen molar-refractivity contribution in [2.75, 3.05) is 11.9 Å². The predicted molar refractivity (Wildman–Crippen MR) is 81.5 cm³/mol. The first kappa shape index (κ1) is 14.4. The summed E-state index contributed by atoms with van der Waals surface area (Å²) < 4.78 is 5.50. The number of hydrogen-bond donors (Lipinski definition) is 1. The second kappa shape index (κ2) is 6.44. The number of para-hydroxylation sites is 1. The minimum atomic E-state index is -0.196. The molecule has 0 heterocycles. The first-order valence-corrected chi connectivity index (χ1v) is 6.68. The Kier molecular flexibility index (Phi) is 4.64. The maximum absolute atomic E-state index is 11.9. The fourth-order valence-corrected chi connectivity index (χ4v) is 2.04. The van der Waals surface area contributed by atoms with Crippen LogP contribution in [0.25, 0.3) is 0 Å². The highest BCUT2D eigenvalue weighted by Gasteiger charge is 2.07. The summed E-state index contributed by atoms with van der Waals surface area (Å²) in [7, 11) is 0. The molecular weight excluding hydrogens is 274 g/mol. The van der Waals surface area contributed by atoms with Crippen molar-refractivity contribution in [3.8, 4) is 5.75 Å². The molecule has 1 N–H and O–H groups in total. The Bertz CT molecular complexity index is 626. The van der Waals surface area contributed by atoms with Crippen molar-refractivity contribution in [2.45, 2.75) is 13.8 Å². The lowest BCUT2D eigenvalue weighted by molar-refractivity contribution is -0.118. The number of benzene rings is 2. The van der Waals surface area contributed by atoms with E-state index in [1.807, 2.05) is 38.1 Å². The van der Waals surface area contributed by atoms with Crippen molar-refractivity contribution >= 4 is 23.2 Å². The Morgan fingerprint density at radius 3 is 2.60 bits per heavy atom. The first-order valence-electron chi connectivity index (χ1n) is 6.30. The molecule has 0 saturated heterocycles. The Hall–Kier alpha value is -2.00. The largest absolute Gasteiger partial charge is 0.483 e. The van der Waals surface area contributed by atoms with Crippen LogP contribution >= 0.6 is 11.6 Å². The van der Waals surface area contributed by atoms with E-state index in [1.54, 1.807) is 18.2 Å². The van der Waals surface area contributed by atoms with Crippen LogP contribution in [0.3, 0.4) is 0 Å². The van der Waals surface area contributed by atoms with Crippen LogP contribution < -0.4 is 10.1 Å². The number of nitrogens with one attached hydrogen (secondary N) is 1. The molecule has 0 spiro atoms. The molecule has 0 atom stereocenters. The average molecular weight is 290 g/mol. The lowest BCUT2D eigenvalue weighted by Gasteiger charge is -2.11. The van der Waals surface area contributed by atoms with E-state index in [0.717, 1.165) is 22.6 Å². The van der Waals surface area contributed by atoms with Gasteiger partial charge in [0, 0.05) is 10.7 Å². The van der Waals surface area contributed by atoms with E-state index < -0.39 is 0 Å². The molecule has 0 bridgehead atoms. The number of carbonyl (C=O) groups excluding carboxylic acids is 1. The summed E-state index contributed by atoms with van der Waals surface area (Å²) in [5.41, 5.74) is 2.66. The van der Waals surface area contributed by atoms with Crippen molar-refractivity contribution in [2.24, 2.45) is 0 Å². The van der Waals surface area contributed by atoms with Gasteiger partial charge >= 0.3 is 0 Å². The van der Waals surface area contributed by atoms with Crippen molar-refractivity contribution in [3.63, 3.8) is 0 Å². The Balaban J connectivity index is 1.94. The molecule has 4 heteroatoms. The molecule has 0 aliphatic heterocycles.